The molecule has 3 aromatic rings. The van der Waals surface area contributed by atoms with Gasteiger partial charge in [0, 0.05) is 48.9 Å². The quantitative estimate of drug-likeness (QED) is 0.193. The average molecular weight is 651 g/mol. The normalized spacial score (nSPS) is 14.4. The second kappa shape index (κ2) is 14.2. The van der Waals surface area contributed by atoms with Gasteiger partial charge in [0.2, 0.25) is 15.9 Å². The molecule has 1 heterocycles. The van der Waals surface area contributed by atoms with E-state index in [1.807, 2.05) is 20.8 Å². The van der Waals surface area contributed by atoms with Crippen LogP contribution in [0.4, 0.5) is 4.79 Å². The van der Waals surface area contributed by atoms with Gasteiger partial charge in [0.05, 0.1) is 19.1 Å². The van der Waals surface area contributed by atoms with Crippen molar-refractivity contribution in [3.8, 4) is 22.6 Å². The summed E-state index contributed by atoms with van der Waals surface area (Å²) in [4.78, 5) is 29.8. The Bertz CT molecular complexity index is 1700. The third-order valence-corrected chi connectivity index (χ3v) is 8.97. The van der Waals surface area contributed by atoms with Gasteiger partial charge in [-0.15, -0.1) is 0 Å². The molecule has 1 aliphatic rings. The molecule has 1 atom stereocenters. The molecule has 246 valence electrons. The van der Waals surface area contributed by atoms with Gasteiger partial charge in [-0.3, -0.25) is 10.2 Å². The van der Waals surface area contributed by atoms with E-state index in [-0.39, 0.29) is 36.3 Å². The van der Waals surface area contributed by atoms with Crippen LogP contribution in [0.25, 0.3) is 11.1 Å². The Morgan fingerprint density at radius 3 is 2.24 bits per heavy atom. The summed E-state index contributed by atoms with van der Waals surface area (Å²) in [7, 11) is -1.13. The molecule has 12 nitrogen and oxygen atoms in total. The van der Waals surface area contributed by atoms with Crippen LogP contribution in [-0.2, 0) is 21.2 Å². The van der Waals surface area contributed by atoms with E-state index in [1.165, 1.54) is 19.2 Å². The summed E-state index contributed by atoms with van der Waals surface area (Å²) in [6.45, 7) is 6.78. The van der Waals surface area contributed by atoms with Crippen LogP contribution in [-0.4, -0.2) is 88.0 Å². The van der Waals surface area contributed by atoms with Gasteiger partial charge in [-0.25, -0.2) is 13.2 Å². The van der Waals surface area contributed by atoms with Crippen LogP contribution in [0.1, 0.15) is 31.9 Å². The Kier molecular flexibility index (Phi) is 10.6. The van der Waals surface area contributed by atoms with Crippen LogP contribution < -0.4 is 25.2 Å². The van der Waals surface area contributed by atoms with Crippen LogP contribution in [0, 0.1) is 5.41 Å². The molecule has 0 spiro atoms. The highest BCUT2D eigenvalue weighted by molar-refractivity contribution is 7.89. The topological polar surface area (TPSA) is 167 Å². The number of methoxy groups -OCH3 is 2. The molecule has 1 aliphatic heterocycles. The average Bonchev–Trinajstić information content (AvgIpc) is 3.03. The van der Waals surface area contributed by atoms with Crippen molar-refractivity contribution >= 4 is 27.8 Å². The van der Waals surface area contributed by atoms with E-state index >= 15 is 0 Å². The summed E-state index contributed by atoms with van der Waals surface area (Å²) in [6, 6.07) is 17.1. The van der Waals surface area contributed by atoms with Crippen molar-refractivity contribution in [3.05, 3.63) is 77.9 Å². The first-order valence-corrected chi connectivity index (χ1v) is 16.3. The number of carbonyl (C=O) groups excluding carboxylic acids is 2. The Labute approximate surface area is 270 Å². The first-order valence-electron chi connectivity index (χ1n) is 14.8. The zero-order valence-corrected chi connectivity index (χ0v) is 27.6. The largest absolute Gasteiger partial charge is 0.497 e. The molecule has 1 saturated heterocycles. The molecule has 13 heteroatoms. The van der Waals surface area contributed by atoms with E-state index in [2.05, 4.69) is 10.0 Å². The maximum atomic E-state index is 14.0. The number of amidine groups is 1. The number of rotatable bonds is 10. The minimum absolute atomic E-state index is 0.0237. The number of ether oxygens (including phenoxy) is 2. The summed E-state index contributed by atoms with van der Waals surface area (Å²) < 4.78 is 41.2. The first kappa shape index (κ1) is 34.3. The van der Waals surface area contributed by atoms with Crippen molar-refractivity contribution in [2.45, 2.75) is 43.7 Å². The minimum atomic E-state index is -4.20. The highest BCUT2D eigenvalue weighted by Crippen LogP contribution is 2.34. The zero-order valence-electron chi connectivity index (χ0n) is 26.8. The van der Waals surface area contributed by atoms with Crippen molar-refractivity contribution in [1.29, 1.82) is 5.41 Å². The number of nitrogen functional groups attached to an aromatic ring is 1. The van der Waals surface area contributed by atoms with E-state index in [0.29, 0.717) is 46.8 Å². The number of amides is 3. The van der Waals surface area contributed by atoms with E-state index in [0.717, 1.165) is 0 Å². The van der Waals surface area contributed by atoms with Crippen LogP contribution in [0.2, 0.25) is 0 Å². The summed E-state index contributed by atoms with van der Waals surface area (Å²) >= 11 is 0. The van der Waals surface area contributed by atoms with Gasteiger partial charge >= 0.3 is 6.03 Å². The lowest BCUT2D eigenvalue weighted by atomic mass is 10.0. The number of urea groups is 1. The number of hydrogen-bond donors (Lipinski definition) is 4. The molecule has 0 aromatic heterocycles. The Morgan fingerprint density at radius 1 is 0.935 bits per heavy atom. The van der Waals surface area contributed by atoms with Gasteiger partial charge in [0.25, 0.3) is 0 Å². The Balaban J connectivity index is 1.61. The molecular formula is C33H42N6O6S. The standard InChI is InChI=1S/C33H42N6O6S/c1-33(2,3)36-32(41)39-16-14-38(15-17-39)31(40)28(19-22-8-6-10-24(18-22)30(34)35)37-46(42,43)26-11-7-9-23(20-26)27-13-12-25(44-4)21-29(27)45-5/h6-13,18,20-21,28,37H,14-17,19H2,1-5H3,(H3,34,35)(H,36,41)/t28-/m0/s1. The molecule has 3 aromatic carbocycles. The van der Waals surface area contributed by atoms with Gasteiger partial charge in [0.15, 0.2) is 0 Å². The van der Waals surface area contributed by atoms with Crippen molar-refractivity contribution in [2.24, 2.45) is 5.73 Å². The molecule has 46 heavy (non-hydrogen) atoms. The van der Waals surface area contributed by atoms with E-state index in [9.17, 15) is 18.0 Å². The maximum absolute atomic E-state index is 14.0. The molecule has 0 saturated carbocycles. The molecule has 5 N–H and O–H groups in total. The van der Waals surface area contributed by atoms with Crippen molar-refractivity contribution < 1.29 is 27.5 Å². The number of carbonyl (C=O) groups is 2. The third-order valence-electron chi connectivity index (χ3n) is 7.50. The maximum Gasteiger partial charge on any atom is 0.317 e. The Hall–Kier alpha value is -4.62. The highest BCUT2D eigenvalue weighted by Gasteiger charge is 2.33. The third kappa shape index (κ3) is 8.55. The lowest BCUT2D eigenvalue weighted by Gasteiger charge is -2.37. The number of nitrogens with zero attached hydrogens (tertiary/aromatic N) is 2. The minimum Gasteiger partial charge on any atom is -0.497 e. The fourth-order valence-corrected chi connectivity index (χ4v) is 6.39. The smallest absolute Gasteiger partial charge is 0.317 e. The summed E-state index contributed by atoms with van der Waals surface area (Å²) in [6.07, 6.45) is 0.0237. The summed E-state index contributed by atoms with van der Waals surface area (Å²) in [5.41, 5.74) is 7.65. The predicted octanol–water partition coefficient (Wildman–Crippen LogP) is 3.20. The van der Waals surface area contributed by atoms with Crippen LogP contribution in [0.15, 0.2) is 71.6 Å². The molecule has 0 radical (unpaired) electrons. The molecule has 0 unspecified atom stereocenters. The van der Waals surface area contributed by atoms with E-state index in [4.69, 9.17) is 20.6 Å². The SMILES string of the molecule is COc1ccc(-c2cccc(S(=O)(=O)N[C@@H](Cc3cccc(C(=N)N)c3)C(=O)N3CCN(C(=O)NC(C)(C)C)CC3)c2)c(OC)c1. The van der Waals surface area contributed by atoms with Gasteiger partial charge in [-0.1, -0.05) is 30.3 Å². The van der Waals surface area contributed by atoms with Gasteiger partial charge in [-0.05, 0) is 68.7 Å². The summed E-state index contributed by atoms with van der Waals surface area (Å²) in [5, 5.41) is 10.7. The van der Waals surface area contributed by atoms with Crippen LogP contribution >= 0.6 is 0 Å². The van der Waals surface area contributed by atoms with Gasteiger partial charge < -0.3 is 30.3 Å². The number of benzene rings is 3. The van der Waals surface area contributed by atoms with Crippen molar-refractivity contribution in [3.63, 3.8) is 0 Å². The number of sulfonamides is 1. The lowest BCUT2D eigenvalue weighted by Crippen LogP contribution is -2.58. The van der Waals surface area contributed by atoms with Crippen molar-refractivity contribution in [1.82, 2.24) is 19.8 Å². The number of nitrogens with one attached hydrogen (secondary N) is 3. The molecular weight excluding hydrogens is 608 g/mol. The predicted molar refractivity (Wildman–Crippen MR) is 177 cm³/mol. The second-order valence-corrected chi connectivity index (χ2v) is 13.8. The molecule has 4 rings (SSSR count). The zero-order chi connectivity index (χ0) is 33.6. The first-order chi connectivity index (χ1) is 21.7. The number of nitrogens with two attached hydrogens (primary N) is 1. The molecule has 3 amide bonds. The second-order valence-electron chi connectivity index (χ2n) is 12.1. The molecule has 0 aliphatic carbocycles. The Morgan fingerprint density at radius 2 is 1.61 bits per heavy atom. The summed E-state index contributed by atoms with van der Waals surface area (Å²) in [5.74, 6) is 0.550. The monoisotopic (exact) mass is 650 g/mol. The lowest BCUT2D eigenvalue weighted by molar-refractivity contribution is -0.134. The molecule has 0 bridgehead atoms. The number of piperazine rings is 1. The van der Waals surface area contributed by atoms with Crippen LogP contribution in [0.5, 0.6) is 11.5 Å². The van der Waals surface area contributed by atoms with E-state index < -0.39 is 27.5 Å². The fourth-order valence-electron chi connectivity index (χ4n) is 5.15. The van der Waals surface area contributed by atoms with Crippen molar-refractivity contribution in [2.75, 3.05) is 40.4 Å². The van der Waals surface area contributed by atoms with Gasteiger partial charge in [0.1, 0.15) is 23.4 Å². The van der Waals surface area contributed by atoms with Gasteiger partial charge in [-0.2, -0.15) is 4.72 Å². The highest BCUT2D eigenvalue weighted by atomic mass is 32.2. The van der Waals surface area contributed by atoms with E-state index in [1.54, 1.807) is 71.5 Å². The molecule has 1 fully saturated rings. The number of hydrogen-bond acceptors (Lipinski definition) is 7. The fraction of sp³-hybridized carbons (Fsp3) is 0.364. The van der Waals surface area contributed by atoms with Crippen LogP contribution in [0.3, 0.4) is 0 Å².